The van der Waals surface area contributed by atoms with Crippen LogP contribution >= 0.6 is 11.6 Å². The third-order valence-corrected chi connectivity index (χ3v) is 1.56. The van der Waals surface area contributed by atoms with Gasteiger partial charge in [-0.1, -0.05) is 0 Å². The van der Waals surface area contributed by atoms with E-state index in [2.05, 4.69) is 15.3 Å². The van der Waals surface area contributed by atoms with Crippen molar-refractivity contribution in [2.24, 2.45) is 5.73 Å². The van der Waals surface area contributed by atoms with E-state index in [0.29, 0.717) is 12.4 Å². The SMILES string of the molecule is C[C@@H](CN)Nc1ccnc(Cl)n1. The first-order valence-electron chi connectivity index (χ1n) is 3.67. The Bertz CT molecular complexity index is 253. The lowest BCUT2D eigenvalue weighted by Crippen LogP contribution is -2.25. The Balaban J connectivity index is 2.63. The van der Waals surface area contributed by atoms with Gasteiger partial charge in [0.05, 0.1) is 0 Å². The summed E-state index contributed by atoms with van der Waals surface area (Å²) in [6.45, 7) is 2.53. The van der Waals surface area contributed by atoms with Crippen LogP contribution in [0.2, 0.25) is 5.28 Å². The maximum Gasteiger partial charge on any atom is 0.224 e. The molecule has 0 saturated carbocycles. The third kappa shape index (κ3) is 2.64. The number of halogens is 1. The molecule has 1 atom stereocenters. The molecule has 1 aromatic rings. The second-order valence-corrected chi connectivity index (χ2v) is 2.83. The third-order valence-electron chi connectivity index (χ3n) is 1.37. The average Bonchev–Trinajstić information content (AvgIpc) is 2.04. The van der Waals surface area contributed by atoms with E-state index in [1.54, 1.807) is 12.3 Å². The van der Waals surface area contributed by atoms with E-state index in [9.17, 15) is 0 Å². The van der Waals surface area contributed by atoms with Crippen LogP contribution in [0, 0.1) is 0 Å². The number of anilines is 1. The minimum absolute atomic E-state index is 0.191. The van der Waals surface area contributed by atoms with Crippen molar-refractivity contribution in [2.75, 3.05) is 11.9 Å². The van der Waals surface area contributed by atoms with Gasteiger partial charge in [-0.3, -0.25) is 0 Å². The highest BCUT2D eigenvalue weighted by Gasteiger charge is 2.00. The molecule has 3 N–H and O–H groups in total. The second-order valence-electron chi connectivity index (χ2n) is 2.49. The fourth-order valence-corrected chi connectivity index (χ4v) is 0.874. The van der Waals surface area contributed by atoms with Crippen LogP contribution in [0.5, 0.6) is 0 Å². The molecule has 0 aliphatic carbocycles. The number of rotatable bonds is 3. The molecular weight excluding hydrogens is 176 g/mol. The van der Waals surface area contributed by atoms with Gasteiger partial charge >= 0.3 is 0 Å². The van der Waals surface area contributed by atoms with Crippen LogP contribution in [0.15, 0.2) is 12.3 Å². The van der Waals surface area contributed by atoms with Gasteiger partial charge in [0.2, 0.25) is 5.28 Å². The second kappa shape index (κ2) is 4.23. The lowest BCUT2D eigenvalue weighted by atomic mass is 10.3. The van der Waals surface area contributed by atoms with Gasteiger partial charge in [0.15, 0.2) is 0 Å². The summed E-state index contributed by atoms with van der Waals surface area (Å²) in [4.78, 5) is 7.70. The first kappa shape index (κ1) is 9.22. The molecule has 66 valence electrons. The zero-order valence-corrected chi connectivity index (χ0v) is 7.54. The summed E-state index contributed by atoms with van der Waals surface area (Å²) in [7, 11) is 0. The first-order valence-corrected chi connectivity index (χ1v) is 4.05. The number of aromatic nitrogens is 2. The summed E-state index contributed by atoms with van der Waals surface area (Å²) in [5.74, 6) is 0.702. The topological polar surface area (TPSA) is 63.8 Å². The molecule has 0 bridgehead atoms. The Hall–Kier alpha value is -0.870. The quantitative estimate of drug-likeness (QED) is 0.689. The predicted molar refractivity (Wildman–Crippen MR) is 49.2 cm³/mol. The zero-order valence-electron chi connectivity index (χ0n) is 6.79. The fourth-order valence-electron chi connectivity index (χ4n) is 0.727. The molecule has 5 heteroatoms. The van der Waals surface area contributed by atoms with Crippen LogP contribution in [-0.2, 0) is 0 Å². The molecule has 1 rings (SSSR count). The summed E-state index contributed by atoms with van der Waals surface area (Å²) < 4.78 is 0. The van der Waals surface area contributed by atoms with Crippen molar-refractivity contribution in [1.29, 1.82) is 0 Å². The zero-order chi connectivity index (χ0) is 8.97. The molecule has 0 aliphatic heterocycles. The highest BCUT2D eigenvalue weighted by molar-refractivity contribution is 6.28. The summed E-state index contributed by atoms with van der Waals surface area (Å²) in [6.07, 6.45) is 1.60. The minimum atomic E-state index is 0.191. The monoisotopic (exact) mass is 186 g/mol. The molecule has 0 fully saturated rings. The van der Waals surface area contributed by atoms with Gasteiger partial charge in [-0.15, -0.1) is 0 Å². The average molecular weight is 187 g/mol. The Morgan fingerprint density at radius 3 is 3.08 bits per heavy atom. The molecule has 0 saturated heterocycles. The highest BCUT2D eigenvalue weighted by Crippen LogP contribution is 2.06. The number of hydrogen-bond acceptors (Lipinski definition) is 4. The fraction of sp³-hybridized carbons (Fsp3) is 0.429. The largest absolute Gasteiger partial charge is 0.366 e. The van der Waals surface area contributed by atoms with E-state index in [-0.39, 0.29) is 11.3 Å². The van der Waals surface area contributed by atoms with Crippen molar-refractivity contribution >= 4 is 17.4 Å². The summed E-state index contributed by atoms with van der Waals surface area (Å²) in [5, 5.41) is 3.31. The minimum Gasteiger partial charge on any atom is -0.366 e. The highest BCUT2D eigenvalue weighted by atomic mass is 35.5. The summed E-state index contributed by atoms with van der Waals surface area (Å²) in [5.41, 5.74) is 5.42. The molecule has 4 nitrogen and oxygen atoms in total. The van der Waals surface area contributed by atoms with Crippen molar-refractivity contribution in [3.05, 3.63) is 17.5 Å². The normalized spacial score (nSPS) is 12.6. The van der Waals surface area contributed by atoms with Crippen LogP contribution in [0.3, 0.4) is 0 Å². The van der Waals surface area contributed by atoms with Gasteiger partial charge in [-0.2, -0.15) is 0 Å². The molecule has 0 aliphatic rings. The summed E-state index contributed by atoms with van der Waals surface area (Å²) in [6, 6.07) is 1.94. The lowest BCUT2D eigenvalue weighted by Gasteiger charge is -2.10. The molecule has 0 radical (unpaired) electrons. The molecule has 1 heterocycles. The smallest absolute Gasteiger partial charge is 0.224 e. The van der Waals surface area contributed by atoms with E-state index in [1.807, 2.05) is 6.92 Å². The number of nitrogens with one attached hydrogen (secondary N) is 1. The van der Waals surface area contributed by atoms with Crippen molar-refractivity contribution in [1.82, 2.24) is 9.97 Å². The Labute approximate surface area is 76.2 Å². The van der Waals surface area contributed by atoms with E-state index in [1.165, 1.54) is 0 Å². The molecule has 1 aromatic heterocycles. The number of nitrogens with two attached hydrogens (primary N) is 1. The maximum atomic E-state index is 5.58. The molecule has 0 unspecified atom stereocenters. The Morgan fingerprint density at radius 1 is 1.75 bits per heavy atom. The van der Waals surface area contributed by atoms with E-state index >= 15 is 0 Å². The van der Waals surface area contributed by atoms with Crippen molar-refractivity contribution in [3.63, 3.8) is 0 Å². The van der Waals surface area contributed by atoms with Gasteiger partial charge in [0, 0.05) is 18.8 Å². The van der Waals surface area contributed by atoms with E-state index in [4.69, 9.17) is 17.3 Å². The molecular formula is C7H11ClN4. The number of hydrogen-bond donors (Lipinski definition) is 2. The van der Waals surface area contributed by atoms with Crippen molar-refractivity contribution in [3.8, 4) is 0 Å². The van der Waals surface area contributed by atoms with Crippen molar-refractivity contribution in [2.45, 2.75) is 13.0 Å². The van der Waals surface area contributed by atoms with Crippen LogP contribution in [-0.4, -0.2) is 22.6 Å². The standard InChI is InChI=1S/C7H11ClN4/c1-5(4-9)11-6-2-3-10-7(8)12-6/h2-3,5H,4,9H2,1H3,(H,10,11,12)/t5-/m0/s1. The van der Waals surface area contributed by atoms with Gasteiger partial charge in [0.25, 0.3) is 0 Å². The predicted octanol–water partition coefficient (Wildman–Crippen LogP) is 0.889. The van der Waals surface area contributed by atoms with Gasteiger partial charge in [-0.05, 0) is 24.6 Å². The first-order chi connectivity index (χ1) is 5.72. The van der Waals surface area contributed by atoms with Crippen LogP contribution < -0.4 is 11.1 Å². The maximum absolute atomic E-state index is 5.58. The number of nitrogens with zero attached hydrogens (tertiary/aromatic N) is 2. The summed E-state index contributed by atoms with van der Waals surface area (Å²) >= 11 is 5.58. The van der Waals surface area contributed by atoms with Crippen molar-refractivity contribution < 1.29 is 0 Å². The Kier molecular flexibility index (Phi) is 3.25. The van der Waals surface area contributed by atoms with E-state index < -0.39 is 0 Å². The van der Waals surface area contributed by atoms with Crippen LogP contribution in [0.25, 0.3) is 0 Å². The molecule has 0 spiro atoms. The van der Waals surface area contributed by atoms with Crippen LogP contribution in [0.1, 0.15) is 6.92 Å². The van der Waals surface area contributed by atoms with E-state index in [0.717, 1.165) is 0 Å². The van der Waals surface area contributed by atoms with Gasteiger partial charge < -0.3 is 11.1 Å². The van der Waals surface area contributed by atoms with Gasteiger partial charge in [0.1, 0.15) is 5.82 Å². The lowest BCUT2D eigenvalue weighted by molar-refractivity contribution is 0.797. The molecule has 0 aromatic carbocycles. The Morgan fingerprint density at radius 2 is 2.50 bits per heavy atom. The van der Waals surface area contributed by atoms with Crippen LogP contribution in [0.4, 0.5) is 5.82 Å². The van der Waals surface area contributed by atoms with Gasteiger partial charge in [-0.25, -0.2) is 9.97 Å². The molecule has 12 heavy (non-hydrogen) atoms. The molecule has 0 amide bonds.